The molecule has 140 valence electrons. The molecule has 8 nitrogen and oxygen atoms in total. The summed E-state index contributed by atoms with van der Waals surface area (Å²) in [6, 6.07) is 9.49. The molecule has 0 saturated carbocycles. The van der Waals surface area contributed by atoms with Gasteiger partial charge in [-0.25, -0.2) is 0 Å². The number of nitrogens with one attached hydrogen (secondary N) is 1. The van der Waals surface area contributed by atoms with E-state index in [0.29, 0.717) is 17.4 Å². The van der Waals surface area contributed by atoms with Gasteiger partial charge in [0.1, 0.15) is 11.5 Å². The number of methoxy groups -OCH3 is 2. The molecule has 3 aromatic rings. The van der Waals surface area contributed by atoms with Crippen molar-refractivity contribution in [3.05, 3.63) is 54.5 Å². The molecule has 2 aromatic heterocycles. The Morgan fingerprint density at radius 3 is 2.63 bits per heavy atom. The second-order valence-electron chi connectivity index (χ2n) is 5.86. The van der Waals surface area contributed by atoms with Crippen molar-refractivity contribution in [2.45, 2.75) is 6.42 Å². The van der Waals surface area contributed by atoms with Crippen LogP contribution in [0.2, 0.25) is 0 Å². The number of benzene rings is 1. The lowest BCUT2D eigenvalue weighted by Gasteiger charge is -2.18. The van der Waals surface area contributed by atoms with Crippen molar-refractivity contribution in [3.63, 3.8) is 0 Å². The molecule has 0 aliphatic carbocycles. The van der Waals surface area contributed by atoms with Gasteiger partial charge in [-0.05, 0) is 36.2 Å². The average Bonchev–Trinajstić information content (AvgIpc) is 2.73. The lowest BCUT2D eigenvalue weighted by atomic mass is 10.2. The number of ether oxygens (including phenoxy) is 2. The first-order valence-corrected chi connectivity index (χ1v) is 8.48. The van der Waals surface area contributed by atoms with Crippen LogP contribution in [-0.2, 0) is 6.42 Å². The first kappa shape index (κ1) is 18.4. The van der Waals surface area contributed by atoms with Gasteiger partial charge in [-0.1, -0.05) is 0 Å². The summed E-state index contributed by atoms with van der Waals surface area (Å²) in [6.07, 6.45) is 6.12. The maximum absolute atomic E-state index is 5.39. The summed E-state index contributed by atoms with van der Waals surface area (Å²) in [7, 11) is 5.19. The smallest absolute Gasteiger partial charge is 0.249 e. The lowest BCUT2D eigenvalue weighted by Crippen LogP contribution is -2.22. The summed E-state index contributed by atoms with van der Waals surface area (Å²) in [5, 5.41) is 11.3. The predicted molar refractivity (Wildman–Crippen MR) is 104 cm³/mol. The SMILES string of the molecule is COc1ccc(Nc2nncc(N(C)CCc3ccncc3)n2)c(OC)c1. The zero-order chi connectivity index (χ0) is 19.1. The van der Waals surface area contributed by atoms with Crippen LogP contribution in [0.1, 0.15) is 5.56 Å². The van der Waals surface area contributed by atoms with Gasteiger partial charge in [0.2, 0.25) is 5.95 Å². The van der Waals surface area contributed by atoms with Gasteiger partial charge in [-0.2, -0.15) is 10.1 Å². The molecule has 0 fully saturated rings. The fourth-order valence-electron chi connectivity index (χ4n) is 2.51. The Morgan fingerprint density at radius 1 is 1.07 bits per heavy atom. The van der Waals surface area contributed by atoms with Crippen molar-refractivity contribution >= 4 is 17.5 Å². The fourth-order valence-corrected chi connectivity index (χ4v) is 2.51. The van der Waals surface area contributed by atoms with Gasteiger partial charge >= 0.3 is 0 Å². The van der Waals surface area contributed by atoms with Crippen LogP contribution in [0.25, 0.3) is 0 Å². The first-order chi connectivity index (χ1) is 13.2. The van der Waals surface area contributed by atoms with Gasteiger partial charge < -0.3 is 19.7 Å². The summed E-state index contributed by atoms with van der Waals surface area (Å²) in [4.78, 5) is 10.6. The van der Waals surface area contributed by atoms with Crippen LogP contribution in [0.15, 0.2) is 48.9 Å². The van der Waals surface area contributed by atoms with Crippen molar-refractivity contribution in [2.24, 2.45) is 0 Å². The molecule has 0 spiro atoms. The van der Waals surface area contributed by atoms with E-state index in [9.17, 15) is 0 Å². The van der Waals surface area contributed by atoms with E-state index in [-0.39, 0.29) is 0 Å². The van der Waals surface area contributed by atoms with Crippen LogP contribution >= 0.6 is 0 Å². The quantitative estimate of drug-likeness (QED) is 0.651. The topological polar surface area (TPSA) is 85.3 Å². The average molecular weight is 366 g/mol. The van der Waals surface area contributed by atoms with Crippen LogP contribution in [0.5, 0.6) is 11.5 Å². The van der Waals surface area contributed by atoms with Crippen molar-refractivity contribution in [1.82, 2.24) is 20.2 Å². The van der Waals surface area contributed by atoms with Gasteiger partial charge in [0, 0.05) is 32.1 Å². The maximum atomic E-state index is 5.39. The van der Waals surface area contributed by atoms with Gasteiger partial charge in [0.05, 0.1) is 26.1 Å². The number of hydrogen-bond acceptors (Lipinski definition) is 8. The van der Waals surface area contributed by atoms with Crippen molar-refractivity contribution < 1.29 is 9.47 Å². The highest BCUT2D eigenvalue weighted by molar-refractivity contribution is 5.64. The molecule has 8 heteroatoms. The molecule has 0 aliphatic heterocycles. The molecule has 1 aromatic carbocycles. The molecule has 0 amide bonds. The second kappa shape index (κ2) is 8.79. The van der Waals surface area contributed by atoms with Crippen LogP contribution in [0, 0.1) is 0 Å². The zero-order valence-corrected chi connectivity index (χ0v) is 15.6. The Hall–Kier alpha value is -3.42. The van der Waals surface area contributed by atoms with E-state index < -0.39 is 0 Å². The highest BCUT2D eigenvalue weighted by Gasteiger charge is 2.10. The van der Waals surface area contributed by atoms with E-state index in [4.69, 9.17) is 9.47 Å². The zero-order valence-electron chi connectivity index (χ0n) is 15.6. The highest BCUT2D eigenvalue weighted by atomic mass is 16.5. The number of hydrogen-bond donors (Lipinski definition) is 1. The highest BCUT2D eigenvalue weighted by Crippen LogP contribution is 2.30. The largest absolute Gasteiger partial charge is 0.497 e. The van der Waals surface area contributed by atoms with Crippen molar-refractivity contribution in [2.75, 3.05) is 38.0 Å². The summed E-state index contributed by atoms with van der Waals surface area (Å²) >= 11 is 0. The number of likely N-dealkylation sites (N-methyl/N-ethyl adjacent to an activating group) is 1. The van der Waals surface area contributed by atoms with Gasteiger partial charge in [0.25, 0.3) is 0 Å². The van der Waals surface area contributed by atoms with Crippen LogP contribution < -0.4 is 19.7 Å². The summed E-state index contributed by atoms with van der Waals surface area (Å²) in [6.45, 7) is 0.800. The van der Waals surface area contributed by atoms with E-state index >= 15 is 0 Å². The van der Waals surface area contributed by atoms with Crippen molar-refractivity contribution in [3.8, 4) is 11.5 Å². The minimum Gasteiger partial charge on any atom is -0.497 e. The standard InChI is InChI=1S/C19H22N6O2/c1-25(11-8-14-6-9-20-10-7-14)18-13-21-24-19(23-18)22-16-5-4-15(26-2)12-17(16)27-3/h4-7,9-10,12-13H,8,11H2,1-3H3,(H,22,23,24). The van der Waals surface area contributed by atoms with Crippen molar-refractivity contribution in [1.29, 1.82) is 0 Å². The number of anilines is 3. The molecule has 0 unspecified atom stereocenters. The Kier molecular flexibility index (Phi) is 5.98. The Bertz CT molecular complexity index is 875. The van der Waals surface area contributed by atoms with Gasteiger partial charge in [-0.15, -0.1) is 5.10 Å². The normalized spacial score (nSPS) is 10.3. The number of pyridine rings is 1. The number of rotatable bonds is 8. The maximum Gasteiger partial charge on any atom is 0.249 e. The van der Waals surface area contributed by atoms with Crippen LogP contribution in [-0.4, -0.2) is 48.0 Å². The second-order valence-corrected chi connectivity index (χ2v) is 5.86. The summed E-state index contributed by atoms with van der Waals surface area (Å²) < 4.78 is 10.6. The Balaban J connectivity index is 1.70. The minimum atomic E-state index is 0.395. The van der Waals surface area contributed by atoms with E-state index in [0.717, 1.165) is 24.5 Å². The molecule has 0 saturated heterocycles. The van der Waals surface area contributed by atoms with Crippen LogP contribution in [0.4, 0.5) is 17.5 Å². The summed E-state index contributed by atoms with van der Waals surface area (Å²) in [5.74, 6) is 2.47. The molecular weight excluding hydrogens is 344 g/mol. The van der Waals surface area contributed by atoms with E-state index in [2.05, 4.69) is 25.5 Å². The Morgan fingerprint density at radius 2 is 1.89 bits per heavy atom. The Labute approximate surface area is 158 Å². The summed E-state index contributed by atoms with van der Waals surface area (Å²) in [5.41, 5.74) is 1.96. The third kappa shape index (κ3) is 4.81. The number of aromatic nitrogens is 4. The van der Waals surface area contributed by atoms with Crippen LogP contribution in [0.3, 0.4) is 0 Å². The molecule has 27 heavy (non-hydrogen) atoms. The third-order valence-corrected chi connectivity index (χ3v) is 4.08. The molecule has 0 radical (unpaired) electrons. The molecule has 0 bridgehead atoms. The first-order valence-electron chi connectivity index (χ1n) is 8.48. The van der Waals surface area contributed by atoms with Gasteiger partial charge in [-0.3, -0.25) is 4.98 Å². The number of nitrogens with zero attached hydrogens (tertiary/aromatic N) is 5. The lowest BCUT2D eigenvalue weighted by molar-refractivity contribution is 0.395. The minimum absolute atomic E-state index is 0.395. The molecule has 0 atom stereocenters. The van der Waals surface area contributed by atoms with Gasteiger partial charge in [0.15, 0.2) is 5.82 Å². The molecule has 2 heterocycles. The molecular formula is C19H22N6O2. The predicted octanol–water partition coefficient (Wildman–Crippen LogP) is 2.71. The molecule has 1 N–H and O–H groups in total. The third-order valence-electron chi connectivity index (χ3n) is 4.08. The fraction of sp³-hybridized carbons (Fsp3) is 0.263. The van der Waals surface area contributed by atoms with E-state index in [1.807, 2.05) is 36.2 Å². The van der Waals surface area contributed by atoms with E-state index in [1.165, 1.54) is 5.56 Å². The molecule has 0 aliphatic rings. The monoisotopic (exact) mass is 366 g/mol. The molecule has 3 rings (SSSR count). The van der Waals surface area contributed by atoms with E-state index in [1.54, 1.807) is 38.9 Å².